The van der Waals surface area contributed by atoms with Crippen molar-refractivity contribution in [2.24, 2.45) is 17.1 Å². The molecule has 1 amide bonds. The van der Waals surface area contributed by atoms with Crippen molar-refractivity contribution in [2.45, 2.75) is 76.2 Å². The number of fused-ring (bicyclic) bond motifs is 1. The third-order valence-corrected chi connectivity index (χ3v) is 6.09. The van der Waals surface area contributed by atoms with Crippen molar-refractivity contribution in [3.8, 4) is 0 Å². The highest BCUT2D eigenvalue weighted by Crippen LogP contribution is 2.57. The summed E-state index contributed by atoms with van der Waals surface area (Å²) in [6.45, 7) is 4.87. The Labute approximate surface area is 126 Å². The van der Waals surface area contributed by atoms with Crippen LogP contribution >= 0.6 is 0 Å². The Kier molecular flexibility index (Phi) is 3.79. The summed E-state index contributed by atoms with van der Waals surface area (Å²) in [5.41, 5.74) is 5.43. The quantitative estimate of drug-likeness (QED) is 0.708. The number of nitrogens with two attached hydrogens (primary N) is 1. The summed E-state index contributed by atoms with van der Waals surface area (Å²) >= 11 is 0. The molecule has 0 aromatic heterocycles. The van der Waals surface area contributed by atoms with Gasteiger partial charge in [0.15, 0.2) is 0 Å². The van der Waals surface area contributed by atoms with Gasteiger partial charge in [0.1, 0.15) is 5.54 Å². The number of nitrogens with one attached hydrogen (secondary N) is 1. The van der Waals surface area contributed by atoms with E-state index in [9.17, 15) is 9.90 Å². The summed E-state index contributed by atoms with van der Waals surface area (Å²) < 4.78 is 5.85. The maximum Gasteiger partial charge on any atom is 0.241 e. The molecule has 2 aliphatic carbocycles. The van der Waals surface area contributed by atoms with E-state index in [-0.39, 0.29) is 35.5 Å². The number of aliphatic hydroxyl groups is 1. The zero-order chi connectivity index (χ0) is 15.3. The highest BCUT2D eigenvalue weighted by atomic mass is 16.5. The topological polar surface area (TPSA) is 84.6 Å². The number of ether oxygens (including phenoxy) is 1. The van der Waals surface area contributed by atoms with Crippen LogP contribution in [0.15, 0.2) is 0 Å². The van der Waals surface area contributed by atoms with Gasteiger partial charge < -0.3 is 20.9 Å². The van der Waals surface area contributed by atoms with E-state index in [4.69, 9.17) is 10.5 Å². The fourth-order valence-electron chi connectivity index (χ4n) is 4.56. The van der Waals surface area contributed by atoms with Crippen LogP contribution in [0.2, 0.25) is 0 Å². The smallest absolute Gasteiger partial charge is 0.241 e. The Hall–Kier alpha value is -0.650. The summed E-state index contributed by atoms with van der Waals surface area (Å²) in [4.78, 5) is 12.8. The molecule has 1 aliphatic heterocycles. The molecular formula is C16H28N2O3. The van der Waals surface area contributed by atoms with E-state index in [2.05, 4.69) is 5.32 Å². The van der Waals surface area contributed by atoms with Crippen LogP contribution in [0.25, 0.3) is 0 Å². The van der Waals surface area contributed by atoms with Crippen molar-refractivity contribution in [3.63, 3.8) is 0 Å². The van der Waals surface area contributed by atoms with Crippen LogP contribution in [0, 0.1) is 11.3 Å². The zero-order valence-electron chi connectivity index (χ0n) is 13.1. The first-order valence-electron chi connectivity index (χ1n) is 8.27. The summed E-state index contributed by atoms with van der Waals surface area (Å²) in [7, 11) is 0. The van der Waals surface area contributed by atoms with E-state index in [0.29, 0.717) is 0 Å². The molecule has 3 aliphatic rings. The number of rotatable bonds is 2. The van der Waals surface area contributed by atoms with Crippen LogP contribution in [0.4, 0.5) is 0 Å². The Balaban J connectivity index is 1.68. The minimum Gasteiger partial charge on any atom is -0.393 e. The van der Waals surface area contributed by atoms with Gasteiger partial charge in [0.05, 0.1) is 12.2 Å². The van der Waals surface area contributed by atoms with E-state index in [0.717, 1.165) is 45.1 Å². The first kappa shape index (κ1) is 15.3. The number of hydrogen-bond donors (Lipinski definition) is 3. The normalized spacial score (nSPS) is 45.3. The predicted molar refractivity (Wildman–Crippen MR) is 79.6 cm³/mol. The van der Waals surface area contributed by atoms with Crippen molar-refractivity contribution < 1.29 is 14.6 Å². The van der Waals surface area contributed by atoms with E-state index >= 15 is 0 Å². The van der Waals surface area contributed by atoms with Gasteiger partial charge in [-0.2, -0.15) is 0 Å². The lowest BCUT2D eigenvalue weighted by Gasteiger charge is -2.65. The number of hydrogen-bond acceptors (Lipinski definition) is 4. The summed E-state index contributed by atoms with van der Waals surface area (Å²) in [5, 5.41) is 12.7. The van der Waals surface area contributed by atoms with Gasteiger partial charge in [-0.05, 0) is 38.5 Å². The standard InChI is InChI=1S/C16H28N2O3/c1-15(2)13-12(4-3-9-21-13)16(15,17)14(20)18-10-5-7-11(19)8-6-10/h10-13,19H,3-9,17H2,1-2H3,(H,18,20). The third-order valence-electron chi connectivity index (χ3n) is 6.09. The molecule has 1 saturated heterocycles. The molecule has 0 bridgehead atoms. The fraction of sp³-hybridized carbons (Fsp3) is 0.938. The van der Waals surface area contributed by atoms with Gasteiger partial charge in [-0.25, -0.2) is 0 Å². The number of carbonyl (C=O) groups is 1. The van der Waals surface area contributed by atoms with Crippen LogP contribution in [-0.2, 0) is 9.53 Å². The molecule has 5 heteroatoms. The van der Waals surface area contributed by atoms with Crippen LogP contribution in [0.3, 0.4) is 0 Å². The van der Waals surface area contributed by atoms with Crippen LogP contribution in [0.1, 0.15) is 52.4 Å². The van der Waals surface area contributed by atoms with Crippen molar-refractivity contribution in [3.05, 3.63) is 0 Å². The van der Waals surface area contributed by atoms with Crippen LogP contribution < -0.4 is 11.1 Å². The molecule has 3 unspecified atom stereocenters. The lowest BCUT2D eigenvalue weighted by Crippen LogP contribution is -2.82. The van der Waals surface area contributed by atoms with E-state index in [1.807, 2.05) is 13.8 Å². The van der Waals surface area contributed by atoms with Gasteiger partial charge in [0.2, 0.25) is 5.91 Å². The molecule has 3 fully saturated rings. The van der Waals surface area contributed by atoms with Gasteiger partial charge in [-0.3, -0.25) is 4.79 Å². The second-order valence-corrected chi connectivity index (χ2v) is 7.61. The highest BCUT2D eigenvalue weighted by molar-refractivity contribution is 5.89. The SMILES string of the molecule is CC1(C)C2OCCCC2C1(N)C(=O)NC1CCC(O)CC1. The third kappa shape index (κ3) is 2.21. The van der Waals surface area contributed by atoms with Gasteiger partial charge in [0.25, 0.3) is 0 Å². The highest BCUT2D eigenvalue weighted by Gasteiger charge is 2.70. The maximum atomic E-state index is 12.8. The van der Waals surface area contributed by atoms with Crippen molar-refractivity contribution in [2.75, 3.05) is 6.61 Å². The van der Waals surface area contributed by atoms with Crippen molar-refractivity contribution >= 4 is 5.91 Å². The molecule has 5 nitrogen and oxygen atoms in total. The van der Waals surface area contributed by atoms with Gasteiger partial charge >= 0.3 is 0 Å². The lowest BCUT2D eigenvalue weighted by molar-refractivity contribution is -0.225. The maximum absolute atomic E-state index is 12.8. The Morgan fingerprint density at radius 2 is 1.90 bits per heavy atom. The zero-order valence-corrected chi connectivity index (χ0v) is 13.1. The van der Waals surface area contributed by atoms with Crippen molar-refractivity contribution in [1.82, 2.24) is 5.32 Å². The predicted octanol–water partition coefficient (Wildman–Crippen LogP) is 0.939. The largest absolute Gasteiger partial charge is 0.393 e. The van der Waals surface area contributed by atoms with Gasteiger partial charge in [-0.15, -0.1) is 0 Å². The van der Waals surface area contributed by atoms with E-state index < -0.39 is 5.54 Å². The molecular weight excluding hydrogens is 268 g/mol. The molecule has 120 valence electrons. The van der Waals surface area contributed by atoms with Gasteiger partial charge in [0, 0.05) is 24.0 Å². The lowest BCUT2D eigenvalue weighted by atomic mass is 9.46. The van der Waals surface area contributed by atoms with Crippen LogP contribution in [-0.4, -0.2) is 41.4 Å². The second kappa shape index (κ2) is 5.21. The van der Waals surface area contributed by atoms with E-state index in [1.165, 1.54) is 0 Å². The molecule has 0 aromatic carbocycles. The molecule has 0 aromatic rings. The summed E-state index contributed by atoms with van der Waals surface area (Å²) in [6.07, 6.45) is 5.07. The molecule has 1 heterocycles. The molecule has 0 radical (unpaired) electrons. The molecule has 4 N–H and O–H groups in total. The monoisotopic (exact) mass is 296 g/mol. The Bertz CT molecular complexity index is 418. The summed E-state index contributed by atoms with van der Waals surface area (Å²) in [6, 6.07) is 0.153. The van der Waals surface area contributed by atoms with E-state index in [1.54, 1.807) is 0 Å². The first-order chi connectivity index (χ1) is 9.87. The molecule has 0 spiro atoms. The molecule has 3 atom stereocenters. The van der Waals surface area contributed by atoms with Crippen molar-refractivity contribution in [1.29, 1.82) is 0 Å². The fourth-order valence-corrected chi connectivity index (χ4v) is 4.56. The molecule has 2 saturated carbocycles. The molecule has 3 rings (SSSR count). The number of carbonyl (C=O) groups excluding carboxylic acids is 1. The first-order valence-corrected chi connectivity index (χ1v) is 8.27. The minimum absolute atomic E-state index is 0.0272. The Morgan fingerprint density at radius 1 is 1.24 bits per heavy atom. The second-order valence-electron chi connectivity index (χ2n) is 7.61. The average Bonchev–Trinajstić information content (AvgIpc) is 2.48. The number of amides is 1. The number of aliphatic hydroxyl groups excluding tert-OH is 1. The Morgan fingerprint density at radius 3 is 2.57 bits per heavy atom. The minimum atomic E-state index is -0.825. The average molecular weight is 296 g/mol. The van der Waals surface area contributed by atoms with Gasteiger partial charge in [-0.1, -0.05) is 13.8 Å². The summed E-state index contributed by atoms with van der Waals surface area (Å²) in [5.74, 6) is 0.107. The molecule has 21 heavy (non-hydrogen) atoms. The van der Waals surface area contributed by atoms with Crippen LogP contribution in [0.5, 0.6) is 0 Å².